The molecule has 1 unspecified atom stereocenters. The van der Waals surface area contributed by atoms with Crippen LogP contribution in [0.3, 0.4) is 0 Å². The maximum atomic E-state index is 13.3. The van der Waals surface area contributed by atoms with Crippen molar-refractivity contribution < 1.29 is 19.1 Å². The second kappa shape index (κ2) is 14.2. The Labute approximate surface area is 249 Å². The predicted octanol–water partition coefficient (Wildman–Crippen LogP) is 3.01. The fraction of sp³-hybridized carbons (Fsp3) is 0.258. The molecule has 2 aromatic carbocycles. The Morgan fingerprint density at radius 3 is 2.65 bits per heavy atom. The third kappa shape index (κ3) is 7.82. The van der Waals surface area contributed by atoms with Crippen molar-refractivity contribution in [3.05, 3.63) is 96.1 Å². The van der Waals surface area contributed by atoms with E-state index in [2.05, 4.69) is 30.5 Å². The molecule has 12 nitrogen and oxygen atoms in total. The number of nitrogens with one attached hydrogen (secondary N) is 2. The summed E-state index contributed by atoms with van der Waals surface area (Å²) < 4.78 is 10.9. The van der Waals surface area contributed by atoms with Crippen molar-refractivity contribution in [2.75, 3.05) is 48.7 Å². The van der Waals surface area contributed by atoms with Crippen LogP contribution in [0.4, 0.5) is 22.0 Å². The van der Waals surface area contributed by atoms with Gasteiger partial charge in [-0.05, 0) is 23.6 Å². The summed E-state index contributed by atoms with van der Waals surface area (Å²) in [6.45, 7) is 2.85. The topological polar surface area (TPSA) is 171 Å². The van der Waals surface area contributed by atoms with E-state index in [1.54, 1.807) is 12.4 Å². The van der Waals surface area contributed by atoms with E-state index in [0.29, 0.717) is 50.6 Å². The van der Waals surface area contributed by atoms with Crippen molar-refractivity contribution in [1.82, 2.24) is 20.3 Å². The molecule has 12 heteroatoms. The van der Waals surface area contributed by atoms with Crippen molar-refractivity contribution >= 4 is 29.2 Å². The van der Waals surface area contributed by atoms with E-state index in [9.17, 15) is 9.59 Å². The molecule has 222 valence electrons. The Balaban J connectivity index is 1.19. The Bertz CT molecular complexity index is 1530. The lowest BCUT2D eigenvalue weighted by molar-refractivity contribution is 0.0466. The SMILES string of the molecule is NCC1CN(c2ccncc2NC(=O)c2nc(-c3ccc(CCNC(=O)OCc4ccccc4)cc3)cnc2N)CCO1. The number of amides is 2. The summed E-state index contributed by atoms with van der Waals surface area (Å²) in [6.07, 6.45) is 4.85. The summed E-state index contributed by atoms with van der Waals surface area (Å²) in [7, 11) is 0. The highest BCUT2D eigenvalue weighted by Gasteiger charge is 2.23. The van der Waals surface area contributed by atoms with Crippen LogP contribution < -0.4 is 27.0 Å². The Morgan fingerprint density at radius 2 is 1.86 bits per heavy atom. The minimum atomic E-state index is -0.494. The molecule has 0 radical (unpaired) electrons. The molecule has 1 fully saturated rings. The fourth-order valence-electron chi connectivity index (χ4n) is 4.65. The summed E-state index contributed by atoms with van der Waals surface area (Å²) in [4.78, 5) is 40.3. The zero-order valence-electron chi connectivity index (χ0n) is 23.6. The second-order valence-corrected chi connectivity index (χ2v) is 9.95. The Hall–Kier alpha value is -5.07. The molecule has 0 spiro atoms. The predicted molar refractivity (Wildman–Crippen MR) is 163 cm³/mol. The number of nitrogens with zero attached hydrogens (tertiary/aromatic N) is 4. The number of rotatable bonds is 10. The van der Waals surface area contributed by atoms with Gasteiger partial charge in [-0.25, -0.2) is 14.8 Å². The van der Waals surface area contributed by atoms with Crippen molar-refractivity contribution in [3.8, 4) is 11.3 Å². The average Bonchev–Trinajstić information content (AvgIpc) is 3.05. The number of carbonyl (C=O) groups is 2. The van der Waals surface area contributed by atoms with Gasteiger partial charge in [0.25, 0.3) is 5.91 Å². The zero-order valence-corrected chi connectivity index (χ0v) is 23.6. The van der Waals surface area contributed by atoms with Crippen LogP contribution in [0, 0.1) is 0 Å². The lowest BCUT2D eigenvalue weighted by atomic mass is 10.1. The number of nitrogen functional groups attached to an aromatic ring is 1. The molecule has 43 heavy (non-hydrogen) atoms. The zero-order chi connectivity index (χ0) is 30.0. The van der Waals surface area contributed by atoms with Crippen molar-refractivity contribution in [2.45, 2.75) is 19.1 Å². The number of anilines is 3. The first-order valence-corrected chi connectivity index (χ1v) is 14.0. The highest BCUT2D eigenvalue weighted by atomic mass is 16.5. The van der Waals surface area contributed by atoms with Gasteiger partial charge in [0.1, 0.15) is 6.61 Å². The van der Waals surface area contributed by atoms with Crippen molar-refractivity contribution in [3.63, 3.8) is 0 Å². The maximum absolute atomic E-state index is 13.3. The minimum Gasteiger partial charge on any atom is -0.445 e. The second-order valence-electron chi connectivity index (χ2n) is 9.95. The van der Waals surface area contributed by atoms with E-state index in [4.69, 9.17) is 20.9 Å². The van der Waals surface area contributed by atoms with Crippen LogP contribution in [0.25, 0.3) is 11.3 Å². The van der Waals surface area contributed by atoms with Crippen LogP contribution in [0.5, 0.6) is 0 Å². The molecule has 1 aliphatic heterocycles. The molecule has 3 heterocycles. The van der Waals surface area contributed by atoms with E-state index < -0.39 is 12.0 Å². The van der Waals surface area contributed by atoms with Gasteiger partial charge >= 0.3 is 6.09 Å². The largest absolute Gasteiger partial charge is 0.445 e. The standard InChI is InChI=1S/C31H34N8O4/c32-16-24-19-39(14-15-42-24)27-11-12-34-17-26(27)38-30(40)28-29(33)36-18-25(37-28)23-8-6-21(7-9-23)10-13-35-31(41)43-20-22-4-2-1-3-5-22/h1-9,11-12,17-18,24H,10,13-16,19-20,32H2,(H2,33,36)(H,35,41)(H,38,40). The highest BCUT2D eigenvalue weighted by Crippen LogP contribution is 2.27. The van der Waals surface area contributed by atoms with Crippen molar-refractivity contribution in [1.29, 1.82) is 0 Å². The van der Waals surface area contributed by atoms with E-state index in [-0.39, 0.29) is 24.2 Å². The monoisotopic (exact) mass is 582 g/mol. The lowest BCUT2D eigenvalue weighted by Crippen LogP contribution is -2.46. The van der Waals surface area contributed by atoms with E-state index in [1.807, 2.05) is 60.7 Å². The molecule has 2 aromatic heterocycles. The molecular weight excluding hydrogens is 548 g/mol. The molecule has 0 aliphatic carbocycles. The number of alkyl carbamates (subject to hydrolysis) is 1. The third-order valence-corrected chi connectivity index (χ3v) is 6.95. The van der Waals surface area contributed by atoms with E-state index >= 15 is 0 Å². The number of nitrogens with two attached hydrogens (primary N) is 2. The van der Waals surface area contributed by atoms with Crippen molar-refractivity contribution in [2.24, 2.45) is 5.73 Å². The number of hydrogen-bond acceptors (Lipinski definition) is 10. The van der Waals surface area contributed by atoms with Crippen LogP contribution in [0.15, 0.2) is 79.3 Å². The summed E-state index contributed by atoms with van der Waals surface area (Å²) in [6, 6.07) is 19.0. The Kier molecular flexibility index (Phi) is 9.72. The molecule has 5 rings (SSSR count). The summed E-state index contributed by atoms with van der Waals surface area (Å²) in [5.74, 6) is -0.477. The van der Waals surface area contributed by atoms with Crippen LogP contribution >= 0.6 is 0 Å². The summed E-state index contributed by atoms with van der Waals surface area (Å²) >= 11 is 0. The van der Waals surface area contributed by atoms with Gasteiger partial charge < -0.3 is 36.5 Å². The number of pyridine rings is 1. The fourth-order valence-corrected chi connectivity index (χ4v) is 4.65. The first-order chi connectivity index (χ1) is 21.0. The van der Waals surface area contributed by atoms with Crippen LogP contribution in [-0.4, -0.2) is 65.8 Å². The summed E-state index contributed by atoms with van der Waals surface area (Å²) in [5, 5.41) is 5.66. The lowest BCUT2D eigenvalue weighted by Gasteiger charge is -2.34. The Morgan fingerprint density at radius 1 is 1.05 bits per heavy atom. The maximum Gasteiger partial charge on any atom is 0.407 e. The van der Waals surface area contributed by atoms with Gasteiger partial charge in [-0.15, -0.1) is 0 Å². The number of carbonyl (C=O) groups excluding carboxylic acids is 2. The summed E-state index contributed by atoms with van der Waals surface area (Å²) in [5.41, 5.74) is 16.4. The quantitative estimate of drug-likeness (QED) is 0.218. The number of ether oxygens (including phenoxy) is 2. The molecule has 0 bridgehead atoms. The smallest absolute Gasteiger partial charge is 0.407 e. The minimum absolute atomic E-state index is 0.0106. The number of morpholine rings is 1. The number of benzene rings is 2. The van der Waals surface area contributed by atoms with Gasteiger partial charge in [0.2, 0.25) is 0 Å². The van der Waals surface area contributed by atoms with Gasteiger partial charge in [0.05, 0.1) is 42.2 Å². The molecule has 1 atom stereocenters. The molecule has 0 saturated carbocycles. The van der Waals surface area contributed by atoms with Crippen LogP contribution in [0.2, 0.25) is 0 Å². The molecule has 6 N–H and O–H groups in total. The van der Waals surface area contributed by atoms with Gasteiger partial charge in [0.15, 0.2) is 11.5 Å². The molecule has 4 aromatic rings. The normalized spacial score (nSPS) is 14.6. The van der Waals surface area contributed by atoms with Gasteiger partial charge in [0, 0.05) is 37.9 Å². The van der Waals surface area contributed by atoms with Gasteiger partial charge in [-0.3, -0.25) is 9.78 Å². The number of aromatic nitrogens is 3. The highest BCUT2D eigenvalue weighted by molar-refractivity contribution is 6.07. The average molecular weight is 583 g/mol. The molecule has 2 amide bonds. The molecule has 1 saturated heterocycles. The first-order valence-electron chi connectivity index (χ1n) is 14.0. The van der Waals surface area contributed by atoms with E-state index in [0.717, 1.165) is 22.4 Å². The van der Waals surface area contributed by atoms with Gasteiger partial charge in [-0.2, -0.15) is 0 Å². The first kappa shape index (κ1) is 29.4. The van der Waals surface area contributed by atoms with Crippen LogP contribution in [-0.2, 0) is 22.5 Å². The van der Waals surface area contributed by atoms with Gasteiger partial charge in [-0.1, -0.05) is 54.6 Å². The van der Waals surface area contributed by atoms with E-state index in [1.165, 1.54) is 6.20 Å². The molecule has 1 aliphatic rings. The number of hydrogen-bond donors (Lipinski definition) is 4. The molecular formula is C31H34N8O4. The third-order valence-electron chi connectivity index (χ3n) is 6.95. The van der Waals surface area contributed by atoms with Crippen LogP contribution in [0.1, 0.15) is 21.6 Å².